The maximum absolute atomic E-state index is 11.8. The van der Waals surface area contributed by atoms with Crippen molar-refractivity contribution in [1.29, 1.82) is 0 Å². The van der Waals surface area contributed by atoms with Gasteiger partial charge in [-0.3, -0.25) is 0 Å². The fourth-order valence-corrected chi connectivity index (χ4v) is 3.55. The second kappa shape index (κ2) is 5.68. The smallest absolute Gasteiger partial charge is 0.350 e. The first-order valence-electron chi connectivity index (χ1n) is 5.53. The van der Waals surface area contributed by atoms with Gasteiger partial charge in [-0.15, -0.1) is 11.3 Å². The lowest BCUT2D eigenvalue weighted by Gasteiger charge is -2.08. The molecule has 2 heterocycles. The minimum Gasteiger partial charge on any atom is -0.457 e. The Labute approximate surface area is 104 Å². The van der Waals surface area contributed by atoms with E-state index in [4.69, 9.17) is 4.74 Å². The SMILES string of the molecule is CCCc1ncc(C(=O)OC2CCSC2)s1. The molecular weight excluding hydrogens is 242 g/mol. The summed E-state index contributed by atoms with van der Waals surface area (Å²) in [7, 11) is 0. The van der Waals surface area contributed by atoms with Gasteiger partial charge in [0.15, 0.2) is 0 Å². The van der Waals surface area contributed by atoms with Crippen LogP contribution in [0.4, 0.5) is 0 Å². The van der Waals surface area contributed by atoms with Gasteiger partial charge in [0, 0.05) is 5.75 Å². The van der Waals surface area contributed by atoms with E-state index in [1.54, 1.807) is 6.20 Å². The molecule has 1 aliphatic rings. The number of hydrogen-bond donors (Lipinski definition) is 0. The van der Waals surface area contributed by atoms with Crippen molar-refractivity contribution >= 4 is 29.1 Å². The van der Waals surface area contributed by atoms with Crippen LogP contribution in [0.1, 0.15) is 34.4 Å². The van der Waals surface area contributed by atoms with E-state index >= 15 is 0 Å². The highest BCUT2D eigenvalue weighted by atomic mass is 32.2. The minimum atomic E-state index is -0.202. The number of carbonyl (C=O) groups is 1. The molecule has 0 radical (unpaired) electrons. The standard InChI is InChI=1S/C11H15NO2S2/c1-2-3-10-12-6-9(16-10)11(13)14-8-4-5-15-7-8/h6,8H,2-5,7H2,1H3. The van der Waals surface area contributed by atoms with Crippen LogP contribution in [0.25, 0.3) is 0 Å². The second-order valence-corrected chi connectivity index (χ2v) is 6.02. The molecule has 3 nitrogen and oxygen atoms in total. The molecule has 1 aromatic rings. The zero-order valence-corrected chi connectivity index (χ0v) is 10.9. The lowest BCUT2D eigenvalue weighted by molar-refractivity contribution is 0.0362. The molecule has 0 bridgehead atoms. The molecule has 0 amide bonds. The Morgan fingerprint density at radius 2 is 2.56 bits per heavy atom. The number of ether oxygens (including phenoxy) is 1. The number of thioether (sulfide) groups is 1. The van der Waals surface area contributed by atoms with Gasteiger partial charge in [0.05, 0.1) is 11.2 Å². The summed E-state index contributed by atoms with van der Waals surface area (Å²) in [4.78, 5) is 16.6. The van der Waals surface area contributed by atoms with Crippen LogP contribution < -0.4 is 0 Å². The maximum atomic E-state index is 11.8. The predicted molar refractivity (Wildman–Crippen MR) is 67.3 cm³/mol. The van der Waals surface area contributed by atoms with Crippen LogP contribution in [0.15, 0.2) is 6.20 Å². The quantitative estimate of drug-likeness (QED) is 0.778. The Morgan fingerprint density at radius 1 is 1.69 bits per heavy atom. The second-order valence-electron chi connectivity index (χ2n) is 3.76. The topological polar surface area (TPSA) is 39.2 Å². The molecule has 1 saturated heterocycles. The van der Waals surface area contributed by atoms with Crippen molar-refractivity contribution in [2.45, 2.75) is 32.3 Å². The van der Waals surface area contributed by atoms with E-state index in [1.807, 2.05) is 11.8 Å². The molecule has 0 aliphatic carbocycles. The van der Waals surface area contributed by atoms with Crippen molar-refractivity contribution in [3.05, 3.63) is 16.1 Å². The Hall–Kier alpha value is -0.550. The zero-order valence-electron chi connectivity index (χ0n) is 9.27. The molecule has 0 N–H and O–H groups in total. The van der Waals surface area contributed by atoms with E-state index in [-0.39, 0.29) is 12.1 Å². The Bertz CT molecular complexity index is 359. The van der Waals surface area contributed by atoms with E-state index in [0.717, 1.165) is 35.8 Å². The number of thiazole rings is 1. The van der Waals surface area contributed by atoms with E-state index in [9.17, 15) is 4.79 Å². The number of nitrogens with zero attached hydrogens (tertiary/aromatic N) is 1. The third-order valence-corrected chi connectivity index (χ3v) is 4.55. The van der Waals surface area contributed by atoms with E-state index < -0.39 is 0 Å². The highest BCUT2D eigenvalue weighted by Gasteiger charge is 2.21. The third-order valence-electron chi connectivity index (χ3n) is 2.38. The number of hydrogen-bond acceptors (Lipinski definition) is 5. The summed E-state index contributed by atoms with van der Waals surface area (Å²) in [6.45, 7) is 2.11. The van der Waals surface area contributed by atoms with Crippen molar-refractivity contribution < 1.29 is 9.53 Å². The van der Waals surface area contributed by atoms with Crippen LogP contribution >= 0.6 is 23.1 Å². The van der Waals surface area contributed by atoms with Gasteiger partial charge in [0.2, 0.25) is 0 Å². The van der Waals surface area contributed by atoms with Gasteiger partial charge in [-0.1, -0.05) is 6.92 Å². The molecule has 1 aromatic heterocycles. The minimum absolute atomic E-state index is 0.106. The van der Waals surface area contributed by atoms with Crippen LogP contribution in [0.5, 0.6) is 0 Å². The highest BCUT2D eigenvalue weighted by molar-refractivity contribution is 7.99. The maximum Gasteiger partial charge on any atom is 0.350 e. The van der Waals surface area contributed by atoms with Gasteiger partial charge in [0.1, 0.15) is 11.0 Å². The molecule has 1 unspecified atom stereocenters. The van der Waals surface area contributed by atoms with Crippen LogP contribution in [-0.2, 0) is 11.2 Å². The summed E-state index contributed by atoms with van der Waals surface area (Å²) in [6.07, 6.45) is 4.73. The summed E-state index contributed by atoms with van der Waals surface area (Å²) in [5.41, 5.74) is 0. The lowest BCUT2D eigenvalue weighted by atomic mass is 10.3. The molecule has 1 aliphatic heterocycles. The van der Waals surface area contributed by atoms with Crippen molar-refractivity contribution in [2.24, 2.45) is 0 Å². The lowest BCUT2D eigenvalue weighted by Crippen LogP contribution is -2.16. The van der Waals surface area contributed by atoms with Crippen molar-refractivity contribution in [2.75, 3.05) is 11.5 Å². The first-order chi connectivity index (χ1) is 7.79. The van der Waals surface area contributed by atoms with Crippen molar-refractivity contribution in [1.82, 2.24) is 4.98 Å². The number of carbonyl (C=O) groups excluding carboxylic acids is 1. The first kappa shape index (κ1) is 11.9. The summed E-state index contributed by atoms with van der Waals surface area (Å²) >= 11 is 3.30. The first-order valence-corrected chi connectivity index (χ1v) is 7.50. The van der Waals surface area contributed by atoms with Gasteiger partial charge in [-0.2, -0.15) is 11.8 Å². The van der Waals surface area contributed by atoms with Crippen molar-refractivity contribution in [3.63, 3.8) is 0 Å². The Morgan fingerprint density at radius 3 is 3.25 bits per heavy atom. The monoisotopic (exact) mass is 257 g/mol. The predicted octanol–water partition coefficient (Wildman–Crippen LogP) is 2.76. The van der Waals surface area contributed by atoms with Gasteiger partial charge in [0.25, 0.3) is 0 Å². The van der Waals surface area contributed by atoms with E-state index in [2.05, 4.69) is 11.9 Å². The molecule has 2 rings (SSSR count). The highest BCUT2D eigenvalue weighted by Crippen LogP contribution is 2.22. The molecule has 5 heteroatoms. The normalized spacial score (nSPS) is 19.9. The molecule has 88 valence electrons. The molecule has 1 atom stereocenters. The fourth-order valence-electron chi connectivity index (χ4n) is 1.55. The van der Waals surface area contributed by atoms with Crippen LogP contribution in [0, 0.1) is 0 Å². The largest absolute Gasteiger partial charge is 0.457 e. The molecular formula is C11H15NO2S2. The van der Waals surface area contributed by atoms with Crippen LogP contribution in [0.2, 0.25) is 0 Å². The van der Waals surface area contributed by atoms with Gasteiger partial charge in [-0.05, 0) is 25.0 Å². The van der Waals surface area contributed by atoms with Gasteiger partial charge in [-0.25, -0.2) is 9.78 Å². The molecule has 0 saturated carbocycles. The average Bonchev–Trinajstić information content (AvgIpc) is 2.89. The van der Waals surface area contributed by atoms with Crippen LogP contribution in [-0.4, -0.2) is 28.6 Å². The zero-order chi connectivity index (χ0) is 11.4. The Balaban J connectivity index is 1.91. The summed E-state index contributed by atoms with van der Waals surface area (Å²) in [5, 5.41) is 1.02. The fraction of sp³-hybridized carbons (Fsp3) is 0.636. The van der Waals surface area contributed by atoms with Gasteiger partial charge < -0.3 is 4.74 Å². The number of aryl methyl sites for hydroxylation is 1. The van der Waals surface area contributed by atoms with E-state index in [0.29, 0.717) is 4.88 Å². The summed E-state index contributed by atoms with van der Waals surface area (Å²) in [6, 6.07) is 0. The summed E-state index contributed by atoms with van der Waals surface area (Å²) in [5.74, 6) is 1.83. The number of rotatable bonds is 4. The van der Waals surface area contributed by atoms with Crippen LogP contribution in [0.3, 0.4) is 0 Å². The Kier molecular flexibility index (Phi) is 4.23. The molecule has 1 fully saturated rings. The van der Waals surface area contributed by atoms with Gasteiger partial charge >= 0.3 is 5.97 Å². The third kappa shape index (κ3) is 2.98. The number of esters is 1. The average molecular weight is 257 g/mol. The molecule has 0 spiro atoms. The molecule has 16 heavy (non-hydrogen) atoms. The van der Waals surface area contributed by atoms with Crippen molar-refractivity contribution in [3.8, 4) is 0 Å². The number of aromatic nitrogens is 1. The molecule has 0 aromatic carbocycles. The van der Waals surface area contributed by atoms with E-state index in [1.165, 1.54) is 11.3 Å². The summed E-state index contributed by atoms with van der Waals surface area (Å²) < 4.78 is 5.40.